The monoisotopic (exact) mass is 192 g/mol. The van der Waals surface area contributed by atoms with Gasteiger partial charge in [0.2, 0.25) is 0 Å². The molecule has 0 aromatic carbocycles. The van der Waals surface area contributed by atoms with Gasteiger partial charge in [-0.05, 0) is 18.8 Å². The minimum atomic E-state index is 0.352. The smallest absolute Gasteiger partial charge is 0.0236 e. The Morgan fingerprint density at radius 2 is 1.71 bits per heavy atom. The Kier molecular flexibility index (Phi) is 9.43. The first kappa shape index (κ1) is 15.4. The molecular formula is C14H24. The highest BCUT2D eigenvalue weighted by molar-refractivity contribution is 5.12. The average molecular weight is 192 g/mol. The fourth-order valence-corrected chi connectivity index (χ4v) is 0.889. The summed E-state index contributed by atoms with van der Waals surface area (Å²) in [7, 11) is 0. The second-order valence-electron chi connectivity index (χ2n) is 4.36. The lowest BCUT2D eigenvalue weighted by molar-refractivity contribution is 0.414. The molecular weight excluding hydrogens is 168 g/mol. The summed E-state index contributed by atoms with van der Waals surface area (Å²) in [5.41, 5.74) is 1.48. The molecule has 0 aliphatic carbocycles. The molecule has 0 atom stereocenters. The molecule has 0 rings (SSSR count). The van der Waals surface area contributed by atoms with E-state index in [1.54, 1.807) is 6.08 Å². The summed E-state index contributed by atoms with van der Waals surface area (Å²) >= 11 is 0. The van der Waals surface area contributed by atoms with Gasteiger partial charge in [-0.25, -0.2) is 0 Å². The van der Waals surface area contributed by atoms with Gasteiger partial charge in [0.15, 0.2) is 0 Å². The van der Waals surface area contributed by atoms with Gasteiger partial charge in [-0.3, -0.25) is 0 Å². The van der Waals surface area contributed by atoms with Crippen molar-refractivity contribution in [1.82, 2.24) is 0 Å². The highest BCUT2D eigenvalue weighted by atomic mass is 14.1. The van der Waals surface area contributed by atoms with Crippen LogP contribution in [0.15, 0.2) is 49.6 Å². The summed E-state index contributed by atoms with van der Waals surface area (Å²) in [5.74, 6) is 0. The first-order chi connectivity index (χ1) is 6.37. The van der Waals surface area contributed by atoms with Crippen molar-refractivity contribution < 1.29 is 0 Å². The van der Waals surface area contributed by atoms with Gasteiger partial charge in [0.1, 0.15) is 0 Å². The number of hydrogen-bond donors (Lipinski definition) is 0. The summed E-state index contributed by atoms with van der Waals surface area (Å²) in [4.78, 5) is 0. The van der Waals surface area contributed by atoms with Crippen molar-refractivity contribution in [3.63, 3.8) is 0 Å². The first-order valence-corrected chi connectivity index (χ1v) is 4.91. The maximum absolute atomic E-state index is 3.84. The zero-order valence-corrected chi connectivity index (χ0v) is 10.1. The highest BCUT2D eigenvalue weighted by Crippen LogP contribution is 2.22. The van der Waals surface area contributed by atoms with Gasteiger partial charge in [-0.1, -0.05) is 70.4 Å². The van der Waals surface area contributed by atoms with Crippen LogP contribution < -0.4 is 0 Å². The predicted molar refractivity (Wildman–Crippen MR) is 68.4 cm³/mol. The van der Waals surface area contributed by atoms with Crippen LogP contribution in [-0.4, -0.2) is 0 Å². The maximum atomic E-state index is 3.84. The summed E-state index contributed by atoms with van der Waals surface area (Å²) in [5, 5.41) is 0. The summed E-state index contributed by atoms with van der Waals surface area (Å²) in [6, 6.07) is 0. The molecule has 0 spiro atoms. The summed E-state index contributed by atoms with van der Waals surface area (Å²) in [6.45, 7) is 19.5. The third-order valence-corrected chi connectivity index (χ3v) is 1.37. The van der Waals surface area contributed by atoms with Crippen LogP contribution in [0.25, 0.3) is 0 Å². The Bertz CT molecular complexity index is 199. The fraction of sp³-hybridized carbons (Fsp3) is 0.429. The van der Waals surface area contributed by atoms with E-state index in [4.69, 9.17) is 0 Å². The second kappa shape index (κ2) is 8.55. The first-order valence-electron chi connectivity index (χ1n) is 4.91. The maximum Gasteiger partial charge on any atom is -0.0236 e. The van der Waals surface area contributed by atoms with Gasteiger partial charge >= 0.3 is 0 Å². The van der Waals surface area contributed by atoms with E-state index in [2.05, 4.69) is 40.5 Å². The topological polar surface area (TPSA) is 0 Å². The quantitative estimate of drug-likeness (QED) is 0.557. The molecule has 0 saturated carbocycles. The van der Waals surface area contributed by atoms with Crippen molar-refractivity contribution in [3.05, 3.63) is 49.6 Å². The largest absolute Gasteiger partial charge is 0.0991 e. The molecule has 0 fully saturated rings. The molecule has 0 N–H and O–H groups in total. The van der Waals surface area contributed by atoms with Gasteiger partial charge in [0.25, 0.3) is 0 Å². The molecule has 0 aliphatic rings. The van der Waals surface area contributed by atoms with Crippen LogP contribution in [0.5, 0.6) is 0 Å². The Hall–Kier alpha value is -1.04. The molecule has 0 nitrogen and oxygen atoms in total. The molecule has 0 amide bonds. The van der Waals surface area contributed by atoms with Crippen molar-refractivity contribution in [2.75, 3.05) is 0 Å². The average Bonchev–Trinajstić information content (AvgIpc) is 2.04. The Morgan fingerprint density at radius 1 is 1.21 bits per heavy atom. The van der Waals surface area contributed by atoms with Crippen molar-refractivity contribution in [2.24, 2.45) is 5.41 Å². The van der Waals surface area contributed by atoms with Gasteiger partial charge in [-0.15, -0.1) is 0 Å². The Labute approximate surface area is 89.7 Å². The lowest BCUT2D eigenvalue weighted by Crippen LogP contribution is -2.04. The van der Waals surface area contributed by atoms with Crippen LogP contribution in [0.2, 0.25) is 0 Å². The van der Waals surface area contributed by atoms with E-state index in [1.165, 1.54) is 0 Å². The predicted octanol–water partition coefficient (Wildman–Crippen LogP) is 4.91. The molecule has 0 radical (unpaired) electrons. The zero-order chi connectivity index (χ0) is 11.6. The minimum absolute atomic E-state index is 0.352. The van der Waals surface area contributed by atoms with Gasteiger partial charge in [0, 0.05) is 0 Å². The second-order valence-corrected chi connectivity index (χ2v) is 4.36. The van der Waals surface area contributed by atoms with E-state index in [0.29, 0.717) is 5.41 Å². The minimum Gasteiger partial charge on any atom is -0.0991 e. The van der Waals surface area contributed by atoms with Crippen LogP contribution in [0.1, 0.15) is 34.1 Å². The summed E-state index contributed by atoms with van der Waals surface area (Å²) in [6.07, 6.45) is 8.44. The molecule has 0 aromatic rings. The molecule has 0 heteroatoms. The van der Waals surface area contributed by atoms with Crippen molar-refractivity contribution in [2.45, 2.75) is 34.1 Å². The van der Waals surface area contributed by atoms with Crippen LogP contribution in [0, 0.1) is 5.41 Å². The number of rotatable bonds is 3. The third kappa shape index (κ3) is 17.2. The standard InChI is InChI=1S/C9H16.C5H8/c1-6-8(2)7-9(3,4)5;1-3-5-4-2/h6H,1-2,7H2,3-5H3;3-5H,1H2,2H3. The van der Waals surface area contributed by atoms with Gasteiger partial charge in [-0.2, -0.15) is 0 Å². The van der Waals surface area contributed by atoms with Crippen molar-refractivity contribution in [1.29, 1.82) is 0 Å². The van der Waals surface area contributed by atoms with Crippen LogP contribution in [0.3, 0.4) is 0 Å². The van der Waals surface area contributed by atoms with Crippen molar-refractivity contribution >= 4 is 0 Å². The van der Waals surface area contributed by atoms with Crippen LogP contribution >= 0.6 is 0 Å². The van der Waals surface area contributed by atoms with E-state index in [0.717, 1.165) is 12.0 Å². The zero-order valence-electron chi connectivity index (χ0n) is 10.1. The lowest BCUT2D eigenvalue weighted by atomic mass is 9.89. The van der Waals surface area contributed by atoms with Gasteiger partial charge < -0.3 is 0 Å². The van der Waals surface area contributed by atoms with Crippen LogP contribution in [0.4, 0.5) is 0 Å². The number of allylic oxidation sites excluding steroid dienone is 5. The van der Waals surface area contributed by atoms with Crippen molar-refractivity contribution in [3.8, 4) is 0 Å². The SMILES string of the molecule is C=CC(=C)CC(C)(C)C.C=CC=CC. The molecule has 14 heavy (non-hydrogen) atoms. The molecule has 0 unspecified atom stereocenters. The fourth-order valence-electron chi connectivity index (χ4n) is 0.889. The Morgan fingerprint density at radius 3 is 1.79 bits per heavy atom. The third-order valence-electron chi connectivity index (χ3n) is 1.37. The lowest BCUT2D eigenvalue weighted by Gasteiger charge is -2.17. The number of hydrogen-bond acceptors (Lipinski definition) is 0. The normalized spacial score (nSPS) is 10.3. The van der Waals surface area contributed by atoms with E-state index < -0.39 is 0 Å². The molecule has 80 valence electrons. The highest BCUT2D eigenvalue weighted by Gasteiger charge is 2.09. The van der Waals surface area contributed by atoms with E-state index in [9.17, 15) is 0 Å². The molecule has 0 bridgehead atoms. The van der Waals surface area contributed by atoms with E-state index in [-0.39, 0.29) is 0 Å². The molecule has 0 aliphatic heterocycles. The van der Waals surface area contributed by atoms with Gasteiger partial charge in [0.05, 0.1) is 0 Å². The molecule has 0 aromatic heterocycles. The molecule has 0 heterocycles. The Balaban J connectivity index is 0. The van der Waals surface area contributed by atoms with Crippen LogP contribution in [-0.2, 0) is 0 Å². The van der Waals surface area contributed by atoms with E-state index >= 15 is 0 Å². The molecule has 0 saturated heterocycles. The summed E-state index contributed by atoms with van der Waals surface area (Å²) < 4.78 is 0. The van der Waals surface area contributed by atoms with E-state index in [1.807, 2.05) is 25.2 Å².